The highest BCUT2D eigenvalue weighted by atomic mass is 16.5. The van der Waals surface area contributed by atoms with E-state index < -0.39 is 0 Å². The average molecular weight is 306 g/mol. The minimum atomic E-state index is 0.0823. The van der Waals surface area contributed by atoms with Crippen molar-refractivity contribution in [2.45, 2.75) is 19.3 Å². The second-order valence-electron chi connectivity index (χ2n) is 5.65. The quantitative estimate of drug-likeness (QED) is 0.778. The summed E-state index contributed by atoms with van der Waals surface area (Å²) in [5.41, 5.74) is 0.691. The summed E-state index contributed by atoms with van der Waals surface area (Å²) in [4.78, 5) is 16.8. The summed E-state index contributed by atoms with van der Waals surface area (Å²) in [6, 6.07) is 7.33. The molecule has 122 valence electrons. The first-order chi connectivity index (χ1) is 10.7. The van der Waals surface area contributed by atoms with Crippen LogP contribution in [0.25, 0.3) is 0 Å². The maximum atomic E-state index is 12.5. The van der Waals surface area contributed by atoms with Crippen LogP contribution in [0.4, 0.5) is 0 Å². The zero-order chi connectivity index (χ0) is 15.8. The van der Waals surface area contributed by atoms with Crippen LogP contribution in [0, 0.1) is 0 Å². The number of methoxy groups -OCH3 is 1. The van der Waals surface area contributed by atoms with Crippen molar-refractivity contribution in [1.82, 2.24) is 9.80 Å². The number of aliphatic hydroxyl groups is 1. The van der Waals surface area contributed by atoms with Gasteiger partial charge in [0.25, 0.3) is 5.91 Å². The summed E-state index contributed by atoms with van der Waals surface area (Å²) in [6.45, 7) is 4.74. The number of rotatable bonds is 7. The average Bonchev–Trinajstić information content (AvgIpc) is 2.59. The van der Waals surface area contributed by atoms with Crippen LogP contribution in [0.5, 0.6) is 5.75 Å². The lowest BCUT2D eigenvalue weighted by Crippen LogP contribution is -2.48. The number of hydrogen-bond donors (Lipinski definition) is 1. The van der Waals surface area contributed by atoms with Crippen molar-refractivity contribution in [3.05, 3.63) is 29.8 Å². The number of benzene rings is 1. The molecule has 2 rings (SSSR count). The third-order valence-corrected chi connectivity index (χ3v) is 4.11. The number of piperazine rings is 1. The van der Waals surface area contributed by atoms with Crippen LogP contribution < -0.4 is 4.74 Å². The fourth-order valence-corrected chi connectivity index (χ4v) is 2.74. The Morgan fingerprint density at radius 3 is 2.64 bits per heavy atom. The maximum absolute atomic E-state index is 12.5. The lowest BCUT2D eigenvalue weighted by atomic mass is 10.1. The van der Waals surface area contributed by atoms with Gasteiger partial charge in [-0.15, -0.1) is 0 Å². The van der Waals surface area contributed by atoms with Gasteiger partial charge < -0.3 is 14.7 Å². The molecule has 22 heavy (non-hydrogen) atoms. The van der Waals surface area contributed by atoms with Gasteiger partial charge in [-0.25, -0.2) is 0 Å². The molecule has 0 radical (unpaired) electrons. The largest absolute Gasteiger partial charge is 0.497 e. The Kier molecular flexibility index (Phi) is 6.68. The van der Waals surface area contributed by atoms with Crippen molar-refractivity contribution in [1.29, 1.82) is 0 Å². The Morgan fingerprint density at radius 2 is 1.95 bits per heavy atom. The number of unbranched alkanes of at least 4 members (excludes halogenated alkanes) is 2. The SMILES string of the molecule is COc1cccc(C(=O)N2CCN(CCCCCO)CC2)c1. The molecule has 0 atom stereocenters. The summed E-state index contributed by atoms with van der Waals surface area (Å²) in [5, 5.41) is 8.78. The Morgan fingerprint density at radius 1 is 1.18 bits per heavy atom. The van der Waals surface area contributed by atoms with Gasteiger partial charge in [-0.05, 0) is 44.0 Å². The predicted molar refractivity (Wildman–Crippen MR) is 86.3 cm³/mol. The molecule has 0 saturated carbocycles. The molecule has 1 aliphatic heterocycles. The lowest BCUT2D eigenvalue weighted by Gasteiger charge is -2.34. The van der Waals surface area contributed by atoms with E-state index in [0.717, 1.165) is 52.0 Å². The molecule has 0 unspecified atom stereocenters. The second kappa shape index (κ2) is 8.76. The molecule has 1 aromatic carbocycles. The van der Waals surface area contributed by atoms with E-state index in [9.17, 15) is 4.79 Å². The van der Waals surface area contributed by atoms with E-state index in [1.807, 2.05) is 23.1 Å². The molecule has 5 heteroatoms. The summed E-state index contributed by atoms with van der Waals surface area (Å²) < 4.78 is 5.18. The third kappa shape index (κ3) is 4.71. The summed E-state index contributed by atoms with van der Waals surface area (Å²) in [5.74, 6) is 0.798. The predicted octanol–water partition coefficient (Wildman–Crippen LogP) is 1.62. The number of ether oxygens (including phenoxy) is 1. The van der Waals surface area contributed by atoms with E-state index in [-0.39, 0.29) is 12.5 Å². The minimum absolute atomic E-state index is 0.0823. The topological polar surface area (TPSA) is 53.0 Å². The Hall–Kier alpha value is -1.59. The molecule has 0 bridgehead atoms. The van der Waals surface area contributed by atoms with E-state index in [4.69, 9.17) is 9.84 Å². The molecule has 1 aliphatic rings. The van der Waals surface area contributed by atoms with E-state index in [2.05, 4.69) is 4.90 Å². The minimum Gasteiger partial charge on any atom is -0.497 e. The van der Waals surface area contributed by atoms with Gasteiger partial charge in [0.05, 0.1) is 7.11 Å². The highest BCUT2D eigenvalue weighted by molar-refractivity contribution is 5.94. The molecular weight excluding hydrogens is 280 g/mol. The normalized spacial score (nSPS) is 15.8. The van der Waals surface area contributed by atoms with E-state index in [1.165, 1.54) is 0 Å². The Balaban J connectivity index is 1.79. The first-order valence-corrected chi connectivity index (χ1v) is 8.01. The van der Waals surface area contributed by atoms with Crippen molar-refractivity contribution in [3.63, 3.8) is 0 Å². The molecule has 1 aromatic rings. The van der Waals surface area contributed by atoms with Gasteiger partial charge >= 0.3 is 0 Å². The summed E-state index contributed by atoms with van der Waals surface area (Å²) in [7, 11) is 1.61. The van der Waals surface area contributed by atoms with Gasteiger partial charge in [0.15, 0.2) is 0 Å². The summed E-state index contributed by atoms with van der Waals surface area (Å²) >= 11 is 0. The van der Waals surface area contributed by atoms with Crippen molar-refractivity contribution in [2.24, 2.45) is 0 Å². The van der Waals surface area contributed by atoms with Crippen LogP contribution in [0.15, 0.2) is 24.3 Å². The molecule has 1 fully saturated rings. The van der Waals surface area contributed by atoms with Gasteiger partial charge in [0, 0.05) is 38.3 Å². The van der Waals surface area contributed by atoms with E-state index in [0.29, 0.717) is 11.3 Å². The van der Waals surface area contributed by atoms with Crippen LogP contribution in [0.2, 0.25) is 0 Å². The van der Waals surface area contributed by atoms with Gasteiger partial charge in [-0.3, -0.25) is 9.69 Å². The first kappa shape index (κ1) is 16.8. The highest BCUT2D eigenvalue weighted by Crippen LogP contribution is 2.15. The molecule has 1 amide bonds. The van der Waals surface area contributed by atoms with Gasteiger partial charge in [-0.1, -0.05) is 6.07 Å². The lowest BCUT2D eigenvalue weighted by molar-refractivity contribution is 0.0634. The summed E-state index contributed by atoms with van der Waals surface area (Å²) in [6.07, 6.45) is 3.07. The maximum Gasteiger partial charge on any atom is 0.254 e. The third-order valence-electron chi connectivity index (χ3n) is 4.11. The molecule has 0 aliphatic carbocycles. The number of aliphatic hydroxyl groups excluding tert-OH is 1. The van der Waals surface area contributed by atoms with Crippen LogP contribution in [0.1, 0.15) is 29.6 Å². The second-order valence-corrected chi connectivity index (χ2v) is 5.65. The zero-order valence-corrected chi connectivity index (χ0v) is 13.3. The van der Waals surface area contributed by atoms with E-state index in [1.54, 1.807) is 13.2 Å². The molecule has 1 saturated heterocycles. The molecular formula is C17H26N2O3. The van der Waals surface area contributed by atoms with Crippen molar-refractivity contribution in [2.75, 3.05) is 46.4 Å². The smallest absolute Gasteiger partial charge is 0.254 e. The zero-order valence-electron chi connectivity index (χ0n) is 13.3. The highest BCUT2D eigenvalue weighted by Gasteiger charge is 2.21. The monoisotopic (exact) mass is 306 g/mol. The van der Waals surface area contributed by atoms with Gasteiger partial charge in [-0.2, -0.15) is 0 Å². The number of amides is 1. The Bertz CT molecular complexity index is 471. The number of carbonyl (C=O) groups is 1. The number of carbonyl (C=O) groups excluding carboxylic acids is 1. The van der Waals surface area contributed by atoms with Gasteiger partial charge in [0.2, 0.25) is 0 Å². The fourth-order valence-electron chi connectivity index (χ4n) is 2.74. The molecule has 0 aromatic heterocycles. The van der Waals surface area contributed by atoms with E-state index >= 15 is 0 Å². The standard InChI is InChI=1S/C17H26N2O3/c1-22-16-7-5-6-15(14-16)17(21)19-11-9-18(10-12-19)8-3-2-4-13-20/h5-7,14,20H,2-4,8-13H2,1H3. The van der Waals surface area contributed by atoms with Crippen molar-refractivity contribution >= 4 is 5.91 Å². The molecule has 1 heterocycles. The van der Waals surface area contributed by atoms with Crippen LogP contribution >= 0.6 is 0 Å². The first-order valence-electron chi connectivity index (χ1n) is 8.01. The van der Waals surface area contributed by atoms with Crippen molar-refractivity contribution in [3.8, 4) is 5.75 Å². The molecule has 1 N–H and O–H groups in total. The number of nitrogens with zero attached hydrogens (tertiary/aromatic N) is 2. The van der Waals surface area contributed by atoms with Crippen molar-refractivity contribution < 1.29 is 14.6 Å². The Labute approximate surface area is 132 Å². The molecule has 5 nitrogen and oxygen atoms in total. The van der Waals surface area contributed by atoms with Crippen LogP contribution in [0.3, 0.4) is 0 Å². The number of hydrogen-bond acceptors (Lipinski definition) is 4. The fraction of sp³-hybridized carbons (Fsp3) is 0.588. The van der Waals surface area contributed by atoms with Crippen LogP contribution in [-0.4, -0.2) is 67.3 Å². The molecule has 0 spiro atoms. The van der Waals surface area contributed by atoms with Crippen LogP contribution in [-0.2, 0) is 0 Å². The van der Waals surface area contributed by atoms with Gasteiger partial charge in [0.1, 0.15) is 5.75 Å².